The monoisotopic (exact) mass is 288 g/mol. The van der Waals surface area contributed by atoms with Gasteiger partial charge in [-0.2, -0.15) is 0 Å². The van der Waals surface area contributed by atoms with E-state index in [1.54, 1.807) is 20.8 Å². The van der Waals surface area contributed by atoms with Gasteiger partial charge >= 0.3 is 6.09 Å². The minimum Gasteiger partial charge on any atom is -0.444 e. The van der Waals surface area contributed by atoms with Gasteiger partial charge in [-0.3, -0.25) is 10.1 Å². The molecule has 1 N–H and O–H groups in total. The van der Waals surface area contributed by atoms with Crippen molar-refractivity contribution in [2.24, 2.45) is 0 Å². The summed E-state index contributed by atoms with van der Waals surface area (Å²) >= 11 is 0. The number of nitrogens with zero attached hydrogens (tertiary/aromatic N) is 1. The molecular formula is C14H28N2O4. The molecule has 0 bridgehead atoms. The molecule has 0 radical (unpaired) electrons. The van der Waals surface area contributed by atoms with Crippen molar-refractivity contribution in [2.45, 2.75) is 77.9 Å². The van der Waals surface area contributed by atoms with E-state index >= 15 is 0 Å². The molecular weight excluding hydrogens is 260 g/mol. The molecule has 0 saturated carbocycles. The minimum absolute atomic E-state index is 0.184. The second-order valence-corrected chi connectivity index (χ2v) is 6.16. The van der Waals surface area contributed by atoms with Gasteiger partial charge < -0.3 is 10.1 Å². The molecule has 1 amide bonds. The van der Waals surface area contributed by atoms with E-state index in [1.807, 2.05) is 13.8 Å². The first-order valence-electron chi connectivity index (χ1n) is 7.28. The van der Waals surface area contributed by atoms with Crippen LogP contribution in [0.1, 0.15) is 66.7 Å². The van der Waals surface area contributed by atoms with E-state index in [0.717, 1.165) is 12.8 Å². The van der Waals surface area contributed by atoms with Crippen molar-refractivity contribution >= 4 is 6.09 Å². The Morgan fingerprint density at radius 2 is 1.65 bits per heavy atom. The summed E-state index contributed by atoms with van der Waals surface area (Å²) < 4.78 is 5.11. The van der Waals surface area contributed by atoms with Crippen LogP contribution < -0.4 is 5.32 Å². The van der Waals surface area contributed by atoms with E-state index in [4.69, 9.17) is 4.74 Å². The molecule has 0 fully saturated rings. The number of carbonyl (C=O) groups excluding carboxylic acids is 1. The fraction of sp³-hybridized carbons (Fsp3) is 0.929. The normalized spacial score (nSPS) is 12.1. The lowest BCUT2D eigenvalue weighted by atomic mass is 9.86. The smallest absolute Gasteiger partial charge is 0.407 e. The number of carbonyl (C=O) groups is 1. The Bertz CT molecular complexity index is 318. The number of hydrogen-bond donors (Lipinski definition) is 1. The van der Waals surface area contributed by atoms with Gasteiger partial charge in [-0.15, -0.1) is 0 Å². The summed E-state index contributed by atoms with van der Waals surface area (Å²) in [6, 6.07) is 0. The zero-order valence-electron chi connectivity index (χ0n) is 13.3. The molecule has 0 aliphatic heterocycles. The van der Waals surface area contributed by atoms with Crippen LogP contribution in [0.3, 0.4) is 0 Å². The van der Waals surface area contributed by atoms with E-state index in [0.29, 0.717) is 19.3 Å². The highest BCUT2D eigenvalue weighted by molar-refractivity contribution is 5.67. The molecule has 0 spiro atoms. The van der Waals surface area contributed by atoms with Crippen LogP contribution in [0.2, 0.25) is 0 Å². The largest absolute Gasteiger partial charge is 0.444 e. The van der Waals surface area contributed by atoms with Gasteiger partial charge in [0.1, 0.15) is 5.60 Å². The molecule has 0 aliphatic rings. The van der Waals surface area contributed by atoms with E-state index in [9.17, 15) is 14.9 Å². The van der Waals surface area contributed by atoms with Crippen LogP contribution in [0.4, 0.5) is 4.79 Å². The number of alkyl carbamates (subject to hydrolysis) is 1. The van der Waals surface area contributed by atoms with Crippen LogP contribution in [-0.4, -0.2) is 28.7 Å². The summed E-state index contributed by atoms with van der Waals surface area (Å²) in [6.45, 7) is 9.48. The molecule has 6 heteroatoms. The third-order valence-corrected chi connectivity index (χ3v) is 3.08. The Balaban J connectivity index is 4.47. The van der Waals surface area contributed by atoms with Crippen molar-refractivity contribution in [1.29, 1.82) is 0 Å². The van der Waals surface area contributed by atoms with Gasteiger partial charge in [0.25, 0.3) is 0 Å². The molecule has 0 rings (SSSR count). The van der Waals surface area contributed by atoms with Gasteiger partial charge in [0.2, 0.25) is 5.54 Å². The van der Waals surface area contributed by atoms with Crippen molar-refractivity contribution in [3.63, 3.8) is 0 Å². The van der Waals surface area contributed by atoms with Crippen LogP contribution in [0.5, 0.6) is 0 Å². The van der Waals surface area contributed by atoms with E-state index in [-0.39, 0.29) is 11.5 Å². The van der Waals surface area contributed by atoms with Crippen LogP contribution >= 0.6 is 0 Å². The number of amides is 1. The first-order chi connectivity index (χ1) is 9.17. The highest BCUT2D eigenvalue weighted by Gasteiger charge is 2.40. The number of hydrogen-bond acceptors (Lipinski definition) is 4. The van der Waals surface area contributed by atoms with Gasteiger partial charge in [0.15, 0.2) is 0 Å². The van der Waals surface area contributed by atoms with Gasteiger partial charge in [0.05, 0.1) is 0 Å². The summed E-state index contributed by atoms with van der Waals surface area (Å²) in [5.74, 6) is 0. The SMILES string of the molecule is CCCC(CCC)(CCNC(=O)OC(C)(C)C)[N+](=O)[O-]. The Kier molecular flexibility index (Phi) is 7.53. The summed E-state index contributed by atoms with van der Waals surface area (Å²) in [4.78, 5) is 22.7. The number of rotatable bonds is 8. The van der Waals surface area contributed by atoms with Crippen LogP contribution in [-0.2, 0) is 4.74 Å². The Labute approximate surface area is 121 Å². The van der Waals surface area contributed by atoms with Gasteiger partial charge in [-0.1, -0.05) is 13.8 Å². The lowest BCUT2D eigenvalue weighted by Crippen LogP contribution is -2.42. The first-order valence-corrected chi connectivity index (χ1v) is 7.28. The third kappa shape index (κ3) is 6.73. The second-order valence-electron chi connectivity index (χ2n) is 6.16. The minimum atomic E-state index is -0.932. The highest BCUT2D eigenvalue weighted by atomic mass is 16.6. The topological polar surface area (TPSA) is 81.5 Å². The maximum atomic E-state index is 11.5. The van der Waals surface area contributed by atoms with E-state index in [2.05, 4.69) is 5.32 Å². The standard InChI is InChI=1S/C14H28N2O4/c1-6-8-14(9-7-2,16(18)19)10-11-15-12(17)20-13(3,4)5/h6-11H2,1-5H3,(H,15,17). The Morgan fingerprint density at radius 1 is 1.15 bits per heavy atom. The van der Waals surface area contributed by atoms with Crippen molar-refractivity contribution < 1.29 is 14.5 Å². The van der Waals surface area contributed by atoms with Crippen molar-refractivity contribution in [3.05, 3.63) is 10.1 Å². The number of ether oxygens (including phenoxy) is 1. The molecule has 118 valence electrons. The molecule has 0 atom stereocenters. The summed E-state index contributed by atoms with van der Waals surface area (Å²) in [5, 5.41) is 14.0. The van der Waals surface area contributed by atoms with E-state index in [1.165, 1.54) is 0 Å². The molecule has 0 unspecified atom stereocenters. The van der Waals surface area contributed by atoms with Gasteiger partial charge in [0, 0.05) is 30.7 Å². The van der Waals surface area contributed by atoms with Crippen molar-refractivity contribution in [2.75, 3.05) is 6.54 Å². The van der Waals surface area contributed by atoms with Crippen LogP contribution in [0, 0.1) is 10.1 Å². The van der Waals surface area contributed by atoms with Crippen molar-refractivity contribution in [1.82, 2.24) is 5.32 Å². The predicted octanol–water partition coefficient (Wildman–Crippen LogP) is 3.52. The van der Waals surface area contributed by atoms with Crippen molar-refractivity contribution in [3.8, 4) is 0 Å². The summed E-state index contributed by atoms with van der Waals surface area (Å²) in [6.07, 6.45) is 2.39. The zero-order chi connectivity index (χ0) is 15.8. The van der Waals surface area contributed by atoms with E-state index < -0.39 is 17.2 Å². The van der Waals surface area contributed by atoms with Crippen LogP contribution in [0.25, 0.3) is 0 Å². The molecule has 0 aromatic heterocycles. The molecule has 0 saturated heterocycles. The third-order valence-electron chi connectivity index (χ3n) is 3.08. The fourth-order valence-corrected chi connectivity index (χ4v) is 2.29. The highest BCUT2D eigenvalue weighted by Crippen LogP contribution is 2.27. The molecule has 20 heavy (non-hydrogen) atoms. The summed E-state index contributed by atoms with van der Waals surface area (Å²) in [7, 11) is 0. The zero-order valence-corrected chi connectivity index (χ0v) is 13.3. The maximum absolute atomic E-state index is 11.5. The lowest BCUT2D eigenvalue weighted by molar-refractivity contribution is -0.573. The Morgan fingerprint density at radius 3 is 2.00 bits per heavy atom. The molecule has 0 aromatic rings. The quantitative estimate of drug-likeness (QED) is 0.547. The number of nitro groups is 1. The van der Waals surface area contributed by atoms with Gasteiger partial charge in [-0.25, -0.2) is 4.79 Å². The van der Waals surface area contributed by atoms with Gasteiger partial charge in [-0.05, 0) is 33.6 Å². The average Bonchev–Trinajstić information content (AvgIpc) is 2.26. The molecule has 6 nitrogen and oxygen atoms in total. The molecule has 0 heterocycles. The lowest BCUT2D eigenvalue weighted by Gasteiger charge is -2.25. The second kappa shape index (κ2) is 8.07. The average molecular weight is 288 g/mol. The first kappa shape index (κ1) is 18.7. The maximum Gasteiger partial charge on any atom is 0.407 e. The van der Waals surface area contributed by atoms with Crippen LogP contribution in [0.15, 0.2) is 0 Å². The fourth-order valence-electron chi connectivity index (χ4n) is 2.29. The number of nitrogens with one attached hydrogen (secondary N) is 1. The molecule has 0 aliphatic carbocycles. The summed E-state index contributed by atoms with van der Waals surface area (Å²) in [5.41, 5.74) is -1.49. The molecule has 0 aromatic carbocycles. The Hall–Kier alpha value is -1.33. The predicted molar refractivity (Wildman–Crippen MR) is 78.4 cm³/mol.